The van der Waals surface area contributed by atoms with Crippen LogP contribution < -0.4 is 5.32 Å². The second-order valence-electron chi connectivity index (χ2n) is 5.62. The van der Waals surface area contributed by atoms with Gasteiger partial charge in [0.2, 0.25) is 5.83 Å². The van der Waals surface area contributed by atoms with Gasteiger partial charge >= 0.3 is 18.5 Å². The Morgan fingerprint density at radius 1 is 1.00 bits per heavy atom. The van der Waals surface area contributed by atoms with Crippen LogP contribution in [0.25, 0.3) is 0 Å². The van der Waals surface area contributed by atoms with Gasteiger partial charge in [0, 0.05) is 17.7 Å². The first-order valence-electron chi connectivity index (χ1n) is 7.36. The van der Waals surface area contributed by atoms with Crippen LogP contribution in [-0.4, -0.2) is 40.1 Å². The Morgan fingerprint density at radius 3 is 1.87 bits per heavy atom. The molecule has 1 aliphatic heterocycles. The third-order valence-electron chi connectivity index (χ3n) is 3.63. The summed E-state index contributed by atoms with van der Waals surface area (Å²) in [5.41, 5.74) is -6.65. The zero-order chi connectivity index (χ0) is 24.0. The first-order valence-corrected chi connectivity index (χ1v) is 8.18. The van der Waals surface area contributed by atoms with Crippen LogP contribution in [0.1, 0.15) is 10.4 Å². The number of allylic oxidation sites excluding steroid dienone is 1. The number of nitrogens with one attached hydrogen (secondary N) is 1. The maximum Gasteiger partial charge on any atom is 0.443 e. The molecule has 0 spiro atoms. The Balaban J connectivity index is 2.54. The molecule has 0 saturated heterocycles. The standard InChI is InChI=1S/C14H5F10N3O3S/c15-7(12(16,17)18)8-11(13(19,20)21,14(22,23)24)26-10(31-8)25-9(28)5-1-3-6(4-2-5)27(29)30/h1-4H,(H,25,26,28)/b8-7+. The maximum atomic E-state index is 13.6. The number of thioether (sulfide) groups is 1. The minimum Gasteiger partial charge on any atom is -0.301 e. The van der Waals surface area contributed by atoms with E-state index in [1.54, 1.807) is 0 Å². The van der Waals surface area contributed by atoms with Crippen molar-refractivity contribution in [3.05, 3.63) is 50.7 Å². The van der Waals surface area contributed by atoms with Crippen LogP contribution >= 0.6 is 11.8 Å². The number of non-ortho nitro benzene ring substituents is 1. The van der Waals surface area contributed by atoms with E-state index < -0.39 is 73.8 Å². The van der Waals surface area contributed by atoms with Gasteiger partial charge in [0.05, 0.1) is 9.83 Å². The lowest BCUT2D eigenvalue weighted by molar-refractivity contribution is -0.384. The number of halogens is 10. The van der Waals surface area contributed by atoms with Gasteiger partial charge in [-0.2, -0.15) is 39.5 Å². The number of carbonyl (C=O) groups excluding carboxylic acids is 1. The Kier molecular flexibility index (Phi) is 6.05. The van der Waals surface area contributed by atoms with Gasteiger partial charge in [-0.05, 0) is 12.1 Å². The van der Waals surface area contributed by atoms with Crippen molar-refractivity contribution in [1.29, 1.82) is 0 Å². The molecule has 170 valence electrons. The van der Waals surface area contributed by atoms with Crippen LogP contribution in [0.15, 0.2) is 40.0 Å². The van der Waals surface area contributed by atoms with E-state index >= 15 is 0 Å². The van der Waals surface area contributed by atoms with Crippen molar-refractivity contribution in [3.8, 4) is 0 Å². The van der Waals surface area contributed by atoms with E-state index in [4.69, 9.17) is 0 Å². The van der Waals surface area contributed by atoms with Crippen molar-refractivity contribution in [2.75, 3.05) is 0 Å². The molecule has 2 rings (SSSR count). The molecule has 17 heteroatoms. The molecule has 1 heterocycles. The zero-order valence-electron chi connectivity index (χ0n) is 14.1. The second-order valence-corrected chi connectivity index (χ2v) is 6.62. The van der Waals surface area contributed by atoms with E-state index in [9.17, 15) is 58.8 Å². The number of hydrogen-bond acceptors (Lipinski definition) is 5. The van der Waals surface area contributed by atoms with E-state index in [0.717, 1.165) is 24.3 Å². The van der Waals surface area contributed by atoms with E-state index in [1.807, 2.05) is 0 Å². The fourth-order valence-corrected chi connectivity index (χ4v) is 3.38. The van der Waals surface area contributed by atoms with Gasteiger partial charge in [-0.15, -0.1) is 0 Å². The lowest BCUT2D eigenvalue weighted by Crippen LogP contribution is -2.55. The third kappa shape index (κ3) is 4.45. The minimum atomic E-state index is -6.56. The lowest BCUT2D eigenvalue weighted by atomic mass is 9.97. The molecule has 0 bridgehead atoms. The van der Waals surface area contributed by atoms with E-state index in [1.165, 1.54) is 5.32 Å². The lowest BCUT2D eigenvalue weighted by Gasteiger charge is -2.31. The van der Waals surface area contributed by atoms with Crippen LogP contribution in [0.3, 0.4) is 0 Å². The first-order chi connectivity index (χ1) is 13.9. The molecule has 0 aromatic heterocycles. The van der Waals surface area contributed by atoms with Crippen LogP contribution in [0.5, 0.6) is 0 Å². The molecule has 1 aliphatic rings. The fourth-order valence-electron chi connectivity index (χ4n) is 2.23. The van der Waals surface area contributed by atoms with Gasteiger partial charge in [-0.3, -0.25) is 14.9 Å². The number of amidine groups is 1. The second kappa shape index (κ2) is 7.69. The molecule has 31 heavy (non-hydrogen) atoms. The molecule has 0 atom stereocenters. The summed E-state index contributed by atoms with van der Waals surface area (Å²) in [5.74, 6) is -5.15. The summed E-state index contributed by atoms with van der Waals surface area (Å²) in [6, 6.07) is 3.06. The molecule has 0 radical (unpaired) electrons. The largest absolute Gasteiger partial charge is 0.443 e. The van der Waals surface area contributed by atoms with Crippen LogP contribution in [0.2, 0.25) is 0 Å². The molecule has 6 nitrogen and oxygen atoms in total. The smallest absolute Gasteiger partial charge is 0.301 e. The van der Waals surface area contributed by atoms with Gasteiger partial charge in [0.25, 0.3) is 17.1 Å². The highest BCUT2D eigenvalue weighted by molar-refractivity contribution is 8.17. The first kappa shape index (κ1) is 24.4. The quantitative estimate of drug-likeness (QED) is 0.362. The normalized spacial score (nSPS) is 18.5. The summed E-state index contributed by atoms with van der Waals surface area (Å²) in [6.07, 6.45) is -19.3. The van der Waals surface area contributed by atoms with Crippen LogP contribution in [0.4, 0.5) is 49.6 Å². The topological polar surface area (TPSA) is 84.6 Å². The SMILES string of the molecule is O=C(NC1=NC(C(F)(F)F)(C(F)(F)F)/C(=C(\F)C(F)(F)F)S1)c1ccc([N+](=O)[O-])cc1. The van der Waals surface area contributed by atoms with Crippen molar-refractivity contribution in [1.82, 2.24) is 5.32 Å². The van der Waals surface area contributed by atoms with Gasteiger partial charge in [-0.1, -0.05) is 11.8 Å². The van der Waals surface area contributed by atoms with Crippen molar-refractivity contribution in [2.45, 2.75) is 24.1 Å². The van der Waals surface area contributed by atoms with Crippen LogP contribution in [-0.2, 0) is 0 Å². The summed E-state index contributed by atoms with van der Waals surface area (Å²) < 4.78 is 131. The molecule has 0 unspecified atom stereocenters. The molecule has 1 aromatic carbocycles. The van der Waals surface area contributed by atoms with E-state index in [2.05, 4.69) is 4.99 Å². The molecule has 0 saturated carbocycles. The fraction of sp³-hybridized carbons (Fsp3) is 0.286. The number of alkyl halides is 9. The van der Waals surface area contributed by atoms with Crippen molar-refractivity contribution in [2.24, 2.45) is 4.99 Å². The molecule has 1 amide bonds. The summed E-state index contributed by atoms with van der Waals surface area (Å²) in [5, 5.41) is 10.3. The Morgan fingerprint density at radius 2 is 1.48 bits per heavy atom. The summed E-state index contributed by atoms with van der Waals surface area (Å²) in [7, 11) is 0. The molecule has 0 fully saturated rings. The number of nitrogens with zero attached hydrogens (tertiary/aromatic N) is 2. The van der Waals surface area contributed by atoms with Crippen molar-refractivity contribution in [3.63, 3.8) is 0 Å². The van der Waals surface area contributed by atoms with Gasteiger partial charge in [-0.25, -0.2) is 9.38 Å². The third-order valence-corrected chi connectivity index (χ3v) is 4.69. The number of aliphatic imine (C=N–C) groups is 1. The summed E-state index contributed by atoms with van der Waals surface area (Å²) in [4.78, 5) is 21.0. The predicted molar refractivity (Wildman–Crippen MR) is 84.6 cm³/mol. The number of amides is 1. The number of hydrogen-bond donors (Lipinski definition) is 1. The number of nitro groups is 1. The van der Waals surface area contributed by atoms with E-state index in [0.29, 0.717) is 0 Å². The average molecular weight is 485 g/mol. The number of nitro benzene ring substituents is 1. The highest BCUT2D eigenvalue weighted by Crippen LogP contribution is 2.59. The average Bonchev–Trinajstić information content (AvgIpc) is 3.00. The van der Waals surface area contributed by atoms with Crippen LogP contribution in [0, 0.1) is 10.1 Å². The summed E-state index contributed by atoms with van der Waals surface area (Å²) >= 11 is -1.01. The highest BCUT2D eigenvalue weighted by Gasteiger charge is 2.77. The van der Waals surface area contributed by atoms with Crippen molar-refractivity contribution >= 4 is 28.5 Å². The Labute approximate surface area is 168 Å². The van der Waals surface area contributed by atoms with Gasteiger partial charge in [0.1, 0.15) is 0 Å². The van der Waals surface area contributed by atoms with E-state index in [-0.39, 0.29) is 0 Å². The minimum absolute atomic E-state index is 0.519. The monoisotopic (exact) mass is 485 g/mol. The Bertz CT molecular complexity index is 950. The van der Waals surface area contributed by atoms with Crippen molar-refractivity contribution < 1.29 is 53.6 Å². The predicted octanol–water partition coefficient (Wildman–Crippen LogP) is 5.03. The maximum absolute atomic E-state index is 13.6. The number of rotatable bonds is 2. The summed E-state index contributed by atoms with van der Waals surface area (Å²) in [6.45, 7) is 0. The number of benzene rings is 1. The molecule has 0 aliphatic carbocycles. The zero-order valence-corrected chi connectivity index (χ0v) is 14.9. The van der Waals surface area contributed by atoms with Gasteiger partial charge < -0.3 is 5.32 Å². The molecular weight excluding hydrogens is 480 g/mol. The molecule has 1 N–H and O–H groups in total. The van der Waals surface area contributed by atoms with Gasteiger partial charge in [0.15, 0.2) is 5.17 Å². The molecular formula is C14H5F10N3O3S. The molecule has 1 aromatic rings. The number of carbonyl (C=O) groups is 1. The Hall–Kier alpha value is -2.85. The highest BCUT2D eigenvalue weighted by atomic mass is 32.2.